The molecular formula is C3H6N2NaOP. The second kappa shape index (κ2) is 4.40. The Morgan fingerprint density at radius 1 is 1.62 bits per heavy atom. The molecule has 0 aromatic heterocycles. The Balaban J connectivity index is 0. The Bertz CT molecular complexity index is 135. The van der Waals surface area contributed by atoms with Gasteiger partial charge < -0.3 is 14.9 Å². The van der Waals surface area contributed by atoms with Gasteiger partial charge in [-0.2, -0.15) is 0 Å². The molecule has 40 valence electrons. The van der Waals surface area contributed by atoms with E-state index in [4.69, 9.17) is 5.26 Å². The number of nitriles is 1. The minimum absolute atomic E-state index is 0. The van der Waals surface area contributed by atoms with E-state index in [1.807, 2.05) is 0 Å². The van der Waals surface area contributed by atoms with Crippen LogP contribution in [0.25, 0.3) is 5.09 Å². The summed E-state index contributed by atoms with van der Waals surface area (Å²) in [5.74, 6) is 0. The maximum absolute atomic E-state index is 10.4. The van der Waals surface area contributed by atoms with Crippen molar-refractivity contribution in [3.05, 3.63) is 5.09 Å². The smallest absolute Gasteiger partial charge is 0.493 e. The van der Waals surface area contributed by atoms with Gasteiger partial charge >= 0.3 is 29.6 Å². The number of nitrogens with zero attached hydrogens (tertiary/aromatic N) is 2. The minimum atomic E-state index is -2.40. The van der Waals surface area contributed by atoms with Gasteiger partial charge in [0.2, 0.25) is 0 Å². The van der Waals surface area contributed by atoms with E-state index in [1.165, 1.54) is 19.5 Å². The molecule has 0 aliphatic rings. The first kappa shape index (κ1) is 11.3. The molecule has 0 radical (unpaired) electrons. The Hall–Kier alpha value is 0.520. The molecule has 0 N–H and O–H groups in total. The van der Waals surface area contributed by atoms with Gasteiger partial charge in [-0.1, -0.05) is 6.19 Å². The van der Waals surface area contributed by atoms with Crippen molar-refractivity contribution in [2.45, 2.75) is 0 Å². The van der Waals surface area contributed by atoms with Gasteiger partial charge in [-0.3, -0.25) is 0 Å². The van der Waals surface area contributed by atoms with Crippen LogP contribution in [0.2, 0.25) is 0 Å². The SMILES string of the molecule is CP(C)(=O)[N-]C#N.[Na+]. The van der Waals surface area contributed by atoms with E-state index in [-0.39, 0.29) is 29.6 Å². The van der Waals surface area contributed by atoms with E-state index in [0.29, 0.717) is 0 Å². The van der Waals surface area contributed by atoms with Crippen LogP contribution in [-0.2, 0) is 4.57 Å². The second-order valence-corrected chi connectivity index (χ2v) is 4.28. The molecule has 5 heteroatoms. The maximum atomic E-state index is 10.4. The van der Waals surface area contributed by atoms with Crippen molar-refractivity contribution in [2.75, 3.05) is 13.3 Å². The molecule has 0 saturated heterocycles. The summed E-state index contributed by atoms with van der Waals surface area (Å²) in [5.41, 5.74) is 0. The van der Waals surface area contributed by atoms with Gasteiger partial charge in [0.05, 0.1) is 0 Å². The molecule has 0 atom stereocenters. The molecule has 0 saturated carbocycles. The summed E-state index contributed by atoms with van der Waals surface area (Å²) in [6.07, 6.45) is 1.47. The van der Waals surface area contributed by atoms with E-state index in [1.54, 1.807) is 0 Å². The molecule has 0 fully saturated rings. The Kier molecular flexibility index (Phi) is 6.24. The molecule has 0 aromatic rings. The zero-order valence-corrected chi connectivity index (χ0v) is 8.14. The van der Waals surface area contributed by atoms with Crippen LogP contribution in [0.3, 0.4) is 0 Å². The fraction of sp³-hybridized carbons (Fsp3) is 0.667. The van der Waals surface area contributed by atoms with Crippen LogP contribution in [0, 0.1) is 11.5 Å². The van der Waals surface area contributed by atoms with E-state index in [9.17, 15) is 4.57 Å². The van der Waals surface area contributed by atoms with Gasteiger partial charge in [0, 0.05) is 0 Å². The average Bonchev–Trinajstić information content (AvgIpc) is 1.30. The molecule has 0 spiro atoms. The van der Waals surface area contributed by atoms with Crippen LogP contribution in [0.5, 0.6) is 0 Å². The van der Waals surface area contributed by atoms with Gasteiger partial charge in [0.1, 0.15) is 7.29 Å². The molecule has 0 rings (SSSR count). The molecule has 0 heterocycles. The summed E-state index contributed by atoms with van der Waals surface area (Å²) in [7, 11) is -2.40. The van der Waals surface area contributed by atoms with Crippen molar-refractivity contribution in [3.8, 4) is 6.19 Å². The standard InChI is InChI=1S/C3H6N2OP.Na/c1-7(2,6)5-3-4;/h1-2H3;/q-1;+1. The van der Waals surface area contributed by atoms with E-state index >= 15 is 0 Å². The third-order valence-corrected chi connectivity index (χ3v) is 0.857. The topological polar surface area (TPSA) is 55.0 Å². The van der Waals surface area contributed by atoms with Crippen LogP contribution >= 0.6 is 7.29 Å². The third kappa shape index (κ3) is 9.72. The molecule has 0 bridgehead atoms. The van der Waals surface area contributed by atoms with E-state index in [2.05, 4.69) is 5.09 Å². The van der Waals surface area contributed by atoms with Crippen LogP contribution in [0.15, 0.2) is 0 Å². The van der Waals surface area contributed by atoms with Crippen molar-refractivity contribution in [1.29, 1.82) is 5.26 Å². The number of rotatable bonds is 1. The Morgan fingerprint density at radius 3 is 2.00 bits per heavy atom. The zero-order chi connectivity index (χ0) is 5.91. The molecule has 0 aliphatic carbocycles. The van der Waals surface area contributed by atoms with Gasteiger partial charge in [0.15, 0.2) is 0 Å². The van der Waals surface area contributed by atoms with E-state index in [0.717, 1.165) is 0 Å². The number of hydrogen-bond donors (Lipinski definition) is 0. The van der Waals surface area contributed by atoms with Crippen LogP contribution in [0.4, 0.5) is 0 Å². The fourth-order valence-corrected chi connectivity index (χ4v) is 0.323. The van der Waals surface area contributed by atoms with E-state index < -0.39 is 7.29 Å². The molecular weight excluding hydrogens is 134 g/mol. The molecule has 8 heavy (non-hydrogen) atoms. The molecule has 0 unspecified atom stereocenters. The quantitative estimate of drug-likeness (QED) is 0.250. The van der Waals surface area contributed by atoms with Crippen molar-refractivity contribution >= 4 is 7.29 Å². The summed E-state index contributed by atoms with van der Waals surface area (Å²) >= 11 is 0. The summed E-state index contributed by atoms with van der Waals surface area (Å²) < 4.78 is 10.4. The average molecular weight is 140 g/mol. The summed E-state index contributed by atoms with van der Waals surface area (Å²) in [5, 5.41) is 10.9. The minimum Gasteiger partial charge on any atom is -0.493 e. The van der Waals surface area contributed by atoms with Gasteiger partial charge in [0.25, 0.3) is 0 Å². The summed E-state index contributed by atoms with van der Waals surface area (Å²) in [6.45, 7) is 2.88. The predicted molar refractivity (Wildman–Crippen MR) is 28.4 cm³/mol. The summed E-state index contributed by atoms with van der Waals surface area (Å²) in [6, 6.07) is 0. The van der Waals surface area contributed by atoms with Crippen LogP contribution < -0.4 is 29.6 Å². The van der Waals surface area contributed by atoms with Crippen molar-refractivity contribution < 1.29 is 34.1 Å². The van der Waals surface area contributed by atoms with Crippen LogP contribution in [-0.4, -0.2) is 13.3 Å². The zero-order valence-electron chi connectivity index (χ0n) is 5.25. The first-order chi connectivity index (χ1) is 3.06. The van der Waals surface area contributed by atoms with Gasteiger partial charge in [-0.15, -0.1) is 0 Å². The third-order valence-electron chi connectivity index (χ3n) is 0.286. The predicted octanol–water partition coefficient (Wildman–Crippen LogP) is -1.62. The van der Waals surface area contributed by atoms with Crippen molar-refractivity contribution in [1.82, 2.24) is 0 Å². The largest absolute Gasteiger partial charge is 1.00 e. The molecule has 3 nitrogen and oxygen atoms in total. The summed E-state index contributed by atoms with van der Waals surface area (Å²) in [4.78, 5) is 0. The number of hydrogen-bond acceptors (Lipinski definition) is 2. The molecule has 0 amide bonds. The van der Waals surface area contributed by atoms with Gasteiger partial charge in [-0.05, 0) is 13.3 Å². The van der Waals surface area contributed by atoms with Gasteiger partial charge in [-0.25, -0.2) is 0 Å². The first-order valence-corrected chi connectivity index (χ1v) is 4.28. The normalized spacial score (nSPS) is 8.62. The second-order valence-electron chi connectivity index (χ2n) is 1.49. The molecule has 0 aromatic carbocycles. The Morgan fingerprint density at radius 2 is 2.00 bits per heavy atom. The first-order valence-electron chi connectivity index (χ1n) is 1.72. The monoisotopic (exact) mass is 140 g/mol. The van der Waals surface area contributed by atoms with Crippen LogP contribution in [0.1, 0.15) is 0 Å². The van der Waals surface area contributed by atoms with Crippen molar-refractivity contribution in [2.24, 2.45) is 0 Å². The molecule has 0 aliphatic heterocycles. The Labute approximate surface area is 71.2 Å². The maximum Gasteiger partial charge on any atom is 1.00 e. The fourth-order valence-electron chi connectivity index (χ4n) is 0.108. The van der Waals surface area contributed by atoms with Crippen molar-refractivity contribution in [3.63, 3.8) is 0 Å².